The Labute approximate surface area is 146 Å². The predicted molar refractivity (Wildman–Crippen MR) is 86.3 cm³/mol. The zero-order valence-corrected chi connectivity index (χ0v) is 14.9. The van der Waals surface area contributed by atoms with E-state index in [1.54, 1.807) is 0 Å². The Bertz CT molecular complexity index is 792. The van der Waals surface area contributed by atoms with Gasteiger partial charge in [-0.2, -0.15) is 0 Å². The number of aliphatic hydroxyl groups excluding tert-OH is 3. The molecule has 1 aliphatic heterocycles. The summed E-state index contributed by atoms with van der Waals surface area (Å²) >= 11 is 0. The monoisotopic (exact) mass is 413 g/mol. The number of rotatable bonds is 4. The summed E-state index contributed by atoms with van der Waals surface area (Å²) in [4.78, 5) is 27.3. The summed E-state index contributed by atoms with van der Waals surface area (Å²) in [5, 5.41) is 28.7. The molecule has 146 valence electrons. The lowest BCUT2D eigenvalue weighted by Crippen LogP contribution is -2.33. The van der Waals surface area contributed by atoms with Crippen LogP contribution < -0.4 is 5.73 Å². The van der Waals surface area contributed by atoms with Crippen molar-refractivity contribution in [2.45, 2.75) is 24.5 Å². The Balaban J connectivity index is 0.000000298. The van der Waals surface area contributed by atoms with Crippen molar-refractivity contribution in [1.29, 1.82) is 0 Å². The second kappa shape index (κ2) is 8.95. The third-order valence-corrected chi connectivity index (χ3v) is 4.75. The lowest BCUT2D eigenvalue weighted by atomic mass is 10.1. The van der Waals surface area contributed by atoms with Gasteiger partial charge in [-0.05, 0) is 0 Å². The first-order valence-electron chi connectivity index (χ1n) is 6.95. The van der Waals surface area contributed by atoms with Gasteiger partial charge in [-0.15, -0.1) is 0 Å². The van der Waals surface area contributed by atoms with Crippen LogP contribution in [-0.4, -0.2) is 69.5 Å². The number of anilines is 1. The molecule has 1 fully saturated rings. The van der Waals surface area contributed by atoms with Crippen molar-refractivity contribution in [2.24, 2.45) is 0 Å². The van der Waals surface area contributed by atoms with Gasteiger partial charge in [0.15, 0.2) is 17.7 Å². The SMILES string of the molecule is Nc1ncnc2c1ncn2[C@@H]1O[C@H](CO)[C@@H](O)[C@H]1O.O=[PH](O)O[PH](=O)O. The number of hydrogen-bond donors (Lipinski definition) is 6. The summed E-state index contributed by atoms with van der Waals surface area (Å²) in [6.45, 7) is -0.390. The van der Waals surface area contributed by atoms with Crippen molar-refractivity contribution in [2.75, 3.05) is 12.3 Å². The minimum absolute atomic E-state index is 0.218. The summed E-state index contributed by atoms with van der Waals surface area (Å²) in [5.74, 6) is 0.218. The number of imidazole rings is 1. The van der Waals surface area contributed by atoms with Gasteiger partial charge in [0.05, 0.1) is 12.9 Å². The van der Waals surface area contributed by atoms with E-state index < -0.39 is 47.7 Å². The Hall–Kier alpha value is -1.47. The molecule has 0 radical (unpaired) electrons. The Morgan fingerprint density at radius 2 is 1.85 bits per heavy atom. The largest absolute Gasteiger partial charge is 0.394 e. The molecule has 7 N–H and O–H groups in total. The fourth-order valence-electron chi connectivity index (χ4n) is 2.24. The summed E-state index contributed by atoms with van der Waals surface area (Å²) in [6.07, 6.45) is -1.42. The Morgan fingerprint density at radius 1 is 1.19 bits per heavy atom. The highest BCUT2D eigenvalue weighted by atomic mass is 31.2. The number of nitrogen functional groups attached to an aromatic ring is 1. The van der Waals surface area contributed by atoms with Crippen molar-refractivity contribution in [3.8, 4) is 0 Å². The van der Waals surface area contributed by atoms with Crippen molar-refractivity contribution < 1.29 is 43.3 Å². The molecule has 14 nitrogen and oxygen atoms in total. The zero-order valence-electron chi connectivity index (χ0n) is 12.9. The number of ether oxygens (including phenoxy) is 1. The Kier molecular flexibility index (Phi) is 7.17. The number of hydrogen-bond acceptors (Lipinski definition) is 11. The molecule has 0 saturated carbocycles. The third kappa shape index (κ3) is 4.62. The normalized spacial score (nSPS) is 27.7. The van der Waals surface area contributed by atoms with Crippen LogP contribution in [0, 0.1) is 0 Å². The molecule has 0 bridgehead atoms. The second-order valence-electron chi connectivity index (χ2n) is 4.95. The molecule has 3 rings (SSSR count). The molecule has 3 heterocycles. The second-order valence-corrected chi connectivity index (χ2v) is 6.83. The van der Waals surface area contributed by atoms with Crippen LogP contribution in [0.25, 0.3) is 11.2 Å². The highest BCUT2D eigenvalue weighted by Gasteiger charge is 2.43. The molecule has 1 saturated heterocycles. The van der Waals surface area contributed by atoms with E-state index in [1.165, 1.54) is 17.2 Å². The summed E-state index contributed by atoms with van der Waals surface area (Å²) in [6, 6.07) is 0. The highest BCUT2D eigenvalue weighted by Crippen LogP contribution is 2.32. The standard InChI is InChI=1S/C10H13N5O4.H4O5P2/c11-8-5-9(13-2-12-8)15(3-14-5)10-7(18)6(17)4(1-16)19-10;1-6(2)5-7(3)4/h2-4,6-7,10,16-18H,1H2,(H2,11,12,13);6-7H,(H,1,2)(H,3,4)/t4-,6-,7-,10-;/m1./s1. The van der Waals surface area contributed by atoms with Crippen molar-refractivity contribution >= 4 is 33.5 Å². The van der Waals surface area contributed by atoms with Crippen LogP contribution in [0.5, 0.6) is 0 Å². The molecule has 2 unspecified atom stereocenters. The van der Waals surface area contributed by atoms with Gasteiger partial charge < -0.3 is 35.6 Å². The summed E-state index contributed by atoms with van der Waals surface area (Å²) in [5.41, 5.74) is 6.44. The molecule has 6 atom stereocenters. The van der Waals surface area contributed by atoms with Crippen LogP contribution in [0.15, 0.2) is 12.7 Å². The van der Waals surface area contributed by atoms with Crippen LogP contribution >= 0.6 is 16.5 Å². The number of fused-ring (bicyclic) bond motifs is 1. The average molecular weight is 413 g/mol. The fourth-order valence-corrected chi connectivity index (χ4v) is 2.84. The summed E-state index contributed by atoms with van der Waals surface area (Å²) < 4.78 is 29.2. The van der Waals surface area contributed by atoms with Gasteiger partial charge >= 0.3 is 16.5 Å². The molecule has 1 aliphatic rings. The number of aromatic nitrogens is 4. The van der Waals surface area contributed by atoms with E-state index in [1.807, 2.05) is 0 Å². The van der Waals surface area contributed by atoms with E-state index in [0.29, 0.717) is 11.2 Å². The van der Waals surface area contributed by atoms with Crippen molar-refractivity contribution in [3.05, 3.63) is 12.7 Å². The lowest BCUT2D eigenvalue weighted by Gasteiger charge is -2.16. The van der Waals surface area contributed by atoms with Gasteiger partial charge in [0.2, 0.25) is 0 Å². The minimum atomic E-state index is -3.20. The zero-order chi connectivity index (χ0) is 19.4. The topological polar surface area (TPSA) is 223 Å². The average Bonchev–Trinajstić information content (AvgIpc) is 3.10. The van der Waals surface area contributed by atoms with Crippen molar-refractivity contribution in [1.82, 2.24) is 19.5 Å². The molecule has 0 amide bonds. The smallest absolute Gasteiger partial charge is 0.323 e. The number of aliphatic hydroxyl groups is 3. The van der Waals surface area contributed by atoms with Crippen LogP contribution in [0.2, 0.25) is 0 Å². The van der Waals surface area contributed by atoms with E-state index in [0.717, 1.165) is 0 Å². The van der Waals surface area contributed by atoms with Gasteiger partial charge in [0.25, 0.3) is 0 Å². The number of nitrogens with two attached hydrogens (primary N) is 1. The first-order valence-corrected chi connectivity index (χ1v) is 9.48. The van der Waals surface area contributed by atoms with Gasteiger partial charge in [-0.25, -0.2) is 19.3 Å². The van der Waals surface area contributed by atoms with E-state index in [4.69, 9.17) is 25.4 Å². The Morgan fingerprint density at radius 3 is 2.35 bits per heavy atom. The van der Waals surface area contributed by atoms with Crippen LogP contribution in [0.3, 0.4) is 0 Å². The van der Waals surface area contributed by atoms with E-state index in [-0.39, 0.29) is 5.82 Å². The third-order valence-electron chi connectivity index (χ3n) is 3.35. The molecule has 0 spiro atoms. The lowest BCUT2D eigenvalue weighted by molar-refractivity contribution is -0.0511. The molecule has 0 aromatic carbocycles. The maximum absolute atomic E-state index is 9.95. The molecule has 26 heavy (non-hydrogen) atoms. The van der Waals surface area contributed by atoms with E-state index in [9.17, 15) is 19.3 Å². The molecule has 0 aliphatic carbocycles. The quantitative estimate of drug-likeness (QED) is 0.293. The van der Waals surface area contributed by atoms with E-state index >= 15 is 0 Å². The molecular formula is C10H17N5O9P2. The van der Waals surface area contributed by atoms with Gasteiger partial charge in [-0.3, -0.25) is 13.7 Å². The van der Waals surface area contributed by atoms with E-state index in [2.05, 4.69) is 19.3 Å². The first-order chi connectivity index (χ1) is 12.3. The van der Waals surface area contributed by atoms with Crippen molar-refractivity contribution in [3.63, 3.8) is 0 Å². The summed E-state index contributed by atoms with van der Waals surface area (Å²) in [7, 11) is -6.40. The molecule has 2 aromatic heterocycles. The molecule has 2 aromatic rings. The minimum Gasteiger partial charge on any atom is -0.394 e. The fraction of sp³-hybridized carbons (Fsp3) is 0.500. The molecule has 16 heteroatoms. The maximum atomic E-state index is 9.95. The van der Waals surface area contributed by atoms with Gasteiger partial charge in [0, 0.05) is 0 Å². The van der Waals surface area contributed by atoms with Crippen LogP contribution in [0.4, 0.5) is 5.82 Å². The predicted octanol–water partition coefficient (Wildman–Crippen LogP) is -2.21. The maximum Gasteiger partial charge on any atom is 0.323 e. The van der Waals surface area contributed by atoms with Gasteiger partial charge in [0.1, 0.15) is 30.2 Å². The molecular weight excluding hydrogens is 396 g/mol. The van der Waals surface area contributed by atoms with Crippen LogP contribution in [0.1, 0.15) is 6.23 Å². The first kappa shape index (κ1) is 20.8. The number of nitrogens with zero attached hydrogens (tertiary/aromatic N) is 4. The van der Waals surface area contributed by atoms with Crippen LogP contribution in [-0.2, 0) is 18.2 Å². The highest BCUT2D eigenvalue weighted by molar-refractivity contribution is 7.46. The van der Waals surface area contributed by atoms with Gasteiger partial charge in [-0.1, -0.05) is 0 Å².